The summed E-state index contributed by atoms with van der Waals surface area (Å²) >= 11 is 0. The zero-order valence-electron chi connectivity index (χ0n) is 10.5. The van der Waals surface area contributed by atoms with Crippen molar-refractivity contribution in [2.75, 3.05) is 6.54 Å². The van der Waals surface area contributed by atoms with E-state index in [9.17, 15) is 0 Å². The number of aromatic nitrogens is 2. The summed E-state index contributed by atoms with van der Waals surface area (Å²) in [7, 11) is 2.12. The van der Waals surface area contributed by atoms with E-state index in [4.69, 9.17) is 0 Å². The molecule has 0 spiro atoms. The molecule has 0 saturated carbocycles. The molecule has 3 rings (SSSR count). The first kappa shape index (κ1) is 10.8. The predicted octanol–water partition coefficient (Wildman–Crippen LogP) is 2.70. The summed E-state index contributed by atoms with van der Waals surface area (Å²) in [6.07, 6.45) is 5.81. The molecule has 1 saturated heterocycles. The van der Waals surface area contributed by atoms with Crippen LogP contribution in [0.4, 0.5) is 0 Å². The van der Waals surface area contributed by atoms with Crippen LogP contribution in [0.1, 0.15) is 36.6 Å². The first-order valence-corrected chi connectivity index (χ1v) is 6.41. The molecule has 3 heterocycles. The van der Waals surface area contributed by atoms with Gasteiger partial charge in [-0.1, -0.05) is 6.42 Å². The number of fused-ring (bicyclic) bond motifs is 1. The molecule has 0 aromatic carbocycles. The van der Waals surface area contributed by atoms with Gasteiger partial charge in [-0.3, -0.25) is 0 Å². The summed E-state index contributed by atoms with van der Waals surface area (Å²) in [5, 5.41) is 4.86. The van der Waals surface area contributed by atoms with Gasteiger partial charge in [-0.05, 0) is 44.0 Å². The minimum absolute atomic E-state index is 0.503. The normalized spacial score (nSPS) is 20.9. The third kappa shape index (κ3) is 1.84. The van der Waals surface area contributed by atoms with Gasteiger partial charge in [0.05, 0.1) is 0 Å². The molecule has 2 aromatic rings. The Morgan fingerprint density at radius 3 is 3.00 bits per heavy atom. The maximum Gasteiger partial charge on any atom is 0.139 e. The van der Waals surface area contributed by atoms with Gasteiger partial charge in [0, 0.05) is 30.4 Å². The van der Waals surface area contributed by atoms with E-state index in [-0.39, 0.29) is 0 Å². The first-order chi connectivity index (χ1) is 8.25. The number of aryl methyl sites for hydroxylation is 2. The van der Waals surface area contributed by atoms with Gasteiger partial charge in [0.25, 0.3) is 0 Å². The zero-order valence-corrected chi connectivity index (χ0v) is 10.5. The smallest absolute Gasteiger partial charge is 0.139 e. The van der Waals surface area contributed by atoms with Crippen molar-refractivity contribution in [1.29, 1.82) is 0 Å². The zero-order chi connectivity index (χ0) is 11.8. The number of nitrogens with one attached hydrogen (secondary N) is 1. The van der Waals surface area contributed by atoms with Crippen LogP contribution in [0.5, 0.6) is 0 Å². The number of pyridine rings is 1. The van der Waals surface area contributed by atoms with Gasteiger partial charge in [0.2, 0.25) is 0 Å². The topological polar surface area (TPSA) is 29.9 Å². The van der Waals surface area contributed by atoms with Crippen LogP contribution >= 0.6 is 0 Å². The van der Waals surface area contributed by atoms with Gasteiger partial charge < -0.3 is 9.88 Å². The van der Waals surface area contributed by atoms with Crippen LogP contribution in [-0.4, -0.2) is 16.1 Å². The third-order valence-electron chi connectivity index (χ3n) is 3.71. The lowest BCUT2D eigenvalue weighted by Gasteiger charge is -2.24. The lowest BCUT2D eigenvalue weighted by molar-refractivity contribution is 0.399. The molecule has 1 aliphatic rings. The molecule has 0 bridgehead atoms. The molecule has 2 aromatic heterocycles. The summed E-state index contributed by atoms with van der Waals surface area (Å²) in [4.78, 5) is 4.53. The van der Waals surface area contributed by atoms with Crippen LogP contribution in [0.25, 0.3) is 11.0 Å². The quantitative estimate of drug-likeness (QED) is 0.814. The van der Waals surface area contributed by atoms with Crippen LogP contribution in [0.15, 0.2) is 18.3 Å². The molecule has 1 unspecified atom stereocenters. The van der Waals surface area contributed by atoms with Crippen LogP contribution in [0.2, 0.25) is 0 Å². The summed E-state index contributed by atoms with van der Waals surface area (Å²) in [5.74, 6) is 0. The van der Waals surface area contributed by atoms with Gasteiger partial charge in [0.15, 0.2) is 0 Å². The second-order valence-corrected chi connectivity index (χ2v) is 5.06. The lowest BCUT2D eigenvalue weighted by atomic mass is 10.0. The van der Waals surface area contributed by atoms with Gasteiger partial charge >= 0.3 is 0 Å². The number of nitrogens with zero attached hydrogens (tertiary/aromatic N) is 2. The Labute approximate surface area is 102 Å². The largest absolute Gasteiger partial charge is 0.331 e. The van der Waals surface area contributed by atoms with E-state index in [1.165, 1.54) is 35.9 Å². The molecule has 1 N–H and O–H groups in total. The number of hydrogen-bond acceptors (Lipinski definition) is 2. The maximum absolute atomic E-state index is 4.53. The Bertz CT molecular complexity index is 536. The highest BCUT2D eigenvalue weighted by molar-refractivity contribution is 5.78. The van der Waals surface area contributed by atoms with Crippen LogP contribution in [0.3, 0.4) is 0 Å². The van der Waals surface area contributed by atoms with Crippen molar-refractivity contribution in [2.45, 2.75) is 32.2 Å². The molecule has 0 radical (unpaired) electrons. The Morgan fingerprint density at radius 1 is 1.35 bits per heavy atom. The fourth-order valence-corrected chi connectivity index (χ4v) is 2.79. The molecule has 1 aliphatic heterocycles. The highest BCUT2D eigenvalue weighted by Crippen LogP contribution is 2.27. The summed E-state index contributed by atoms with van der Waals surface area (Å²) in [6, 6.07) is 5.01. The minimum Gasteiger partial charge on any atom is -0.331 e. The van der Waals surface area contributed by atoms with E-state index in [1.54, 1.807) is 0 Å². The highest BCUT2D eigenvalue weighted by Gasteiger charge is 2.19. The summed E-state index contributed by atoms with van der Waals surface area (Å²) in [6.45, 7) is 3.23. The van der Waals surface area contributed by atoms with E-state index >= 15 is 0 Å². The molecule has 0 aliphatic carbocycles. The van der Waals surface area contributed by atoms with Crippen molar-refractivity contribution in [1.82, 2.24) is 14.9 Å². The average molecular weight is 229 g/mol. The molecule has 0 amide bonds. The molecule has 17 heavy (non-hydrogen) atoms. The number of rotatable bonds is 1. The summed E-state index contributed by atoms with van der Waals surface area (Å²) < 4.78 is 2.23. The van der Waals surface area contributed by atoms with E-state index < -0.39 is 0 Å². The monoisotopic (exact) mass is 229 g/mol. The van der Waals surface area contributed by atoms with E-state index in [2.05, 4.69) is 41.0 Å². The Balaban J connectivity index is 2.07. The van der Waals surface area contributed by atoms with E-state index in [0.29, 0.717) is 6.04 Å². The predicted molar refractivity (Wildman–Crippen MR) is 70.0 cm³/mol. The van der Waals surface area contributed by atoms with Crippen LogP contribution in [-0.2, 0) is 7.05 Å². The van der Waals surface area contributed by atoms with Crippen molar-refractivity contribution in [3.63, 3.8) is 0 Å². The Kier molecular flexibility index (Phi) is 2.63. The molecular weight excluding hydrogens is 210 g/mol. The molecular formula is C14H19N3. The number of hydrogen-bond donors (Lipinski definition) is 1. The Hall–Kier alpha value is -1.35. The van der Waals surface area contributed by atoms with Crippen molar-refractivity contribution in [2.24, 2.45) is 7.05 Å². The van der Waals surface area contributed by atoms with Gasteiger partial charge in [-0.2, -0.15) is 0 Å². The van der Waals surface area contributed by atoms with Crippen molar-refractivity contribution in [3.05, 3.63) is 29.6 Å². The highest BCUT2D eigenvalue weighted by atomic mass is 15.1. The minimum atomic E-state index is 0.503. The van der Waals surface area contributed by atoms with Gasteiger partial charge in [-0.15, -0.1) is 0 Å². The first-order valence-electron chi connectivity index (χ1n) is 6.41. The van der Waals surface area contributed by atoms with Crippen molar-refractivity contribution < 1.29 is 0 Å². The molecule has 3 heteroatoms. The number of piperidine rings is 1. The standard InChI is InChI=1S/C14H19N3/c1-10-7-11-8-13(12-5-3-4-6-15-12)17(2)14(11)16-9-10/h7-9,12,15H,3-6H2,1-2H3. The molecule has 3 nitrogen and oxygen atoms in total. The van der Waals surface area contributed by atoms with Crippen LogP contribution < -0.4 is 5.32 Å². The van der Waals surface area contributed by atoms with Crippen molar-refractivity contribution >= 4 is 11.0 Å². The average Bonchev–Trinajstić information content (AvgIpc) is 2.67. The van der Waals surface area contributed by atoms with Crippen LogP contribution in [0, 0.1) is 6.92 Å². The van der Waals surface area contributed by atoms with Gasteiger partial charge in [-0.25, -0.2) is 4.98 Å². The fraction of sp³-hybridized carbons (Fsp3) is 0.500. The fourth-order valence-electron chi connectivity index (χ4n) is 2.79. The third-order valence-corrected chi connectivity index (χ3v) is 3.71. The molecule has 1 atom stereocenters. The van der Waals surface area contributed by atoms with Crippen molar-refractivity contribution in [3.8, 4) is 0 Å². The second kappa shape index (κ2) is 4.15. The van der Waals surface area contributed by atoms with E-state index in [0.717, 1.165) is 12.2 Å². The lowest BCUT2D eigenvalue weighted by Crippen LogP contribution is -2.28. The SMILES string of the molecule is Cc1cnc2c(c1)cc(C1CCCCN1)n2C. The molecule has 1 fully saturated rings. The Morgan fingerprint density at radius 2 is 2.24 bits per heavy atom. The summed E-state index contributed by atoms with van der Waals surface area (Å²) in [5.41, 5.74) is 3.70. The molecule has 90 valence electrons. The maximum atomic E-state index is 4.53. The van der Waals surface area contributed by atoms with Gasteiger partial charge in [0.1, 0.15) is 5.65 Å². The van der Waals surface area contributed by atoms with E-state index in [1.807, 2.05) is 6.20 Å². The second-order valence-electron chi connectivity index (χ2n) is 5.06.